The maximum atomic E-state index is 6.17. The van der Waals surface area contributed by atoms with Crippen LogP contribution >= 0.6 is 0 Å². The van der Waals surface area contributed by atoms with Crippen LogP contribution in [0.5, 0.6) is 0 Å². The van der Waals surface area contributed by atoms with E-state index in [0.29, 0.717) is 0 Å². The molecule has 0 fully saturated rings. The SMILES string of the molecule is C/C(=N\N=C(/N)[O][Sb]([c]1ccccc1)[c]1ccccc1)c1c[nH]c2ccccc12. The van der Waals surface area contributed by atoms with Crippen LogP contribution in [0.1, 0.15) is 12.5 Å². The van der Waals surface area contributed by atoms with E-state index < -0.39 is 20.6 Å². The van der Waals surface area contributed by atoms with Crippen molar-refractivity contribution < 1.29 is 3.02 Å². The van der Waals surface area contributed by atoms with Gasteiger partial charge in [-0.05, 0) is 0 Å². The number of hydrogen-bond donors (Lipinski definition) is 2. The molecule has 1 heterocycles. The molecule has 0 atom stereocenters. The van der Waals surface area contributed by atoms with E-state index in [2.05, 4.69) is 45.5 Å². The Morgan fingerprint density at radius 1 is 0.828 bits per heavy atom. The molecule has 0 unspecified atom stereocenters. The van der Waals surface area contributed by atoms with Gasteiger partial charge in [0.15, 0.2) is 0 Å². The van der Waals surface area contributed by atoms with Gasteiger partial charge in [-0.15, -0.1) is 0 Å². The molecule has 0 spiro atoms. The van der Waals surface area contributed by atoms with Crippen LogP contribution in [-0.2, 0) is 3.02 Å². The summed E-state index contributed by atoms with van der Waals surface area (Å²) in [6.45, 7) is 1.92. The normalized spacial score (nSPS) is 12.5. The minimum absolute atomic E-state index is 0.0971. The molecule has 4 aromatic rings. The second-order valence-corrected chi connectivity index (χ2v) is 11.6. The molecule has 144 valence electrons. The Balaban J connectivity index is 1.59. The molecule has 0 aliphatic rings. The van der Waals surface area contributed by atoms with Crippen LogP contribution in [0.25, 0.3) is 10.9 Å². The first-order valence-corrected chi connectivity index (χ1v) is 12.8. The Morgan fingerprint density at radius 3 is 2.07 bits per heavy atom. The van der Waals surface area contributed by atoms with E-state index in [1.54, 1.807) is 0 Å². The van der Waals surface area contributed by atoms with E-state index >= 15 is 0 Å². The number of para-hydroxylation sites is 1. The first-order chi connectivity index (χ1) is 14.2. The second kappa shape index (κ2) is 8.97. The Bertz CT molecular complexity index is 1110. The van der Waals surface area contributed by atoms with Crippen LogP contribution in [0, 0.1) is 0 Å². The van der Waals surface area contributed by atoms with Gasteiger partial charge in [-0.1, -0.05) is 0 Å². The zero-order valence-corrected chi connectivity index (χ0v) is 18.5. The Labute approximate surface area is 177 Å². The Hall–Kier alpha value is -3.04. The van der Waals surface area contributed by atoms with Crippen molar-refractivity contribution in [3.8, 4) is 0 Å². The molecule has 5 nitrogen and oxygen atoms in total. The minimum atomic E-state index is -2.53. The molecule has 29 heavy (non-hydrogen) atoms. The number of amidine groups is 1. The maximum absolute atomic E-state index is 6.17. The van der Waals surface area contributed by atoms with E-state index in [-0.39, 0.29) is 6.02 Å². The molecule has 4 rings (SSSR count). The van der Waals surface area contributed by atoms with Crippen molar-refractivity contribution >= 4 is 50.3 Å². The van der Waals surface area contributed by atoms with Gasteiger partial charge in [-0.2, -0.15) is 0 Å². The number of nitrogens with one attached hydrogen (secondary N) is 1. The monoisotopic (exact) mass is 490 g/mol. The van der Waals surface area contributed by atoms with Crippen LogP contribution in [0.4, 0.5) is 0 Å². The van der Waals surface area contributed by atoms with E-state index in [1.807, 2.05) is 67.7 Å². The van der Waals surface area contributed by atoms with Gasteiger partial charge in [0.25, 0.3) is 0 Å². The fourth-order valence-electron chi connectivity index (χ4n) is 3.04. The van der Waals surface area contributed by atoms with Gasteiger partial charge < -0.3 is 0 Å². The summed E-state index contributed by atoms with van der Waals surface area (Å²) >= 11 is -2.53. The van der Waals surface area contributed by atoms with Crippen molar-refractivity contribution in [2.24, 2.45) is 15.9 Å². The molecule has 0 aliphatic heterocycles. The van der Waals surface area contributed by atoms with Gasteiger partial charge in [-0.3, -0.25) is 0 Å². The topological polar surface area (TPSA) is 75.8 Å². The van der Waals surface area contributed by atoms with Crippen molar-refractivity contribution in [2.45, 2.75) is 6.92 Å². The molecule has 3 aromatic carbocycles. The third kappa shape index (κ3) is 4.52. The molecule has 0 radical (unpaired) electrons. The van der Waals surface area contributed by atoms with Crippen LogP contribution in [0.15, 0.2) is 101 Å². The summed E-state index contributed by atoms with van der Waals surface area (Å²) in [5.74, 6) is 0. The average molecular weight is 491 g/mol. The molecule has 0 saturated carbocycles. The zero-order chi connectivity index (χ0) is 20.1. The number of aromatic amines is 1. The molecule has 1 aromatic heterocycles. The van der Waals surface area contributed by atoms with Crippen LogP contribution < -0.4 is 12.8 Å². The number of fused-ring (bicyclic) bond motifs is 1. The van der Waals surface area contributed by atoms with Crippen molar-refractivity contribution in [3.63, 3.8) is 0 Å². The van der Waals surface area contributed by atoms with Gasteiger partial charge in [0.2, 0.25) is 0 Å². The van der Waals surface area contributed by atoms with Crippen molar-refractivity contribution in [3.05, 3.63) is 96.7 Å². The van der Waals surface area contributed by atoms with E-state index in [0.717, 1.165) is 22.2 Å². The molecular weight excluding hydrogens is 470 g/mol. The van der Waals surface area contributed by atoms with Gasteiger partial charge in [0.1, 0.15) is 0 Å². The van der Waals surface area contributed by atoms with Crippen LogP contribution in [0.3, 0.4) is 0 Å². The van der Waals surface area contributed by atoms with Gasteiger partial charge in [0, 0.05) is 0 Å². The first kappa shape index (κ1) is 19.3. The zero-order valence-electron chi connectivity index (χ0n) is 16.0. The Morgan fingerprint density at radius 2 is 1.41 bits per heavy atom. The molecule has 0 bridgehead atoms. The predicted octanol–water partition coefficient (Wildman–Crippen LogP) is 3.03. The van der Waals surface area contributed by atoms with E-state index in [4.69, 9.17) is 8.75 Å². The van der Waals surface area contributed by atoms with Gasteiger partial charge >= 0.3 is 178 Å². The summed E-state index contributed by atoms with van der Waals surface area (Å²) in [5, 5.41) is 9.59. The number of nitrogens with zero attached hydrogens (tertiary/aromatic N) is 2. The first-order valence-electron chi connectivity index (χ1n) is 9.25. The van der Waals surface area contributed by atoms with Crippen LogP contribution in [-0.4, -0.2) is 37.3 Å². The van der Waals surface area contributed by atoms with E-state index in [1.165, 1.54) is 7.02 Å². The van der Waals surface area contributed by atoms with Crippen LogP contribution in [0.2, 0.25) is 0 Å². The fourth-order valence-corrected chi connectivity index (χ4v) is 7.66. The standard InChI is InChI=1S/C11H12N4O.2C6H5.Sb/c1-7(14-15-11(12)16)9-6-13-10-5-3-2-4-8(9)10;2*1-2-4-6-5-3-1;/h2-6,13H,1H3,(H3,12,15,16);2*1-5H;/q;;;+1/p-1/b14-7+;;;. The number of nitrogens with two attached hydrogens (primary N) is 1. The average Bonchev–Trinajstić information content (AvgIpc) is 3.21. The van der Waals surface area contributed by atoms with Gasteiger partial charge in [0.05, 0.1) is 0 Å². The summed E-state index contributed by atoms with van der Waals surface area (Å²) in [7, 11) is 0. The fraction of sp³-hybridized carbons (Fsp3) is 0.0435. The molecule has 6 heteroatoms. The molecule has 3 N–H and O–H groups in total. The second-order valence-electron chi connectivity index (χ2n) is 6.43. The van der Waals surface area contributed by atoms with Crippen molar-refractivity contribution in [1.82, 2.24) is 4.98 Å². The summed E-state index contributed by atoms with van der Waals surface area (Å²) in [4.78, 5) is 3.25. The summed E-state index contributed by atoms with van der Waals surface area (Å²) in [5.41, 5.74) is 8.96. The van der Waals surface area contributed by atoms with Gasteiger partial charge in [-0.25, -0.2) is 0 Å². The number of rotatable bonds is 5. The number of hydrogen-bond acceptors (Lipinski definition) is 3. The van der Waals surface area contributed by atoms with Crippen molar-refractivity contribution in [1.29, 1.82) is 0 Å². The molecular formula is C23H21N4OSb. The third-order valence-corrected chi connectivity index (χ3v) is 9.88. The predicted molar refractivity (Wildman–Crippen MR) is 121 cm³/mol. The molecule has 0 saturated heterocycles. The summed E-state index contributed by atoms with van der Waals surface area (Å²) in [6.07, 6.45) is 1.93. The summed E-state index contributed by atoms with van der Waals surface area (Å²) in [6, 6.07) is 28.6. The van der Waals surface area contributed by atoms with E-state index in [9.17, 15) is 0 Å². The quantitative estimate of drug-likeness (QED) is 0.195. The Kier molecular flexibility index (Phi) is 5.97. The number of aromatic nitrogens is 1. The third-order valence-electron chi connectivity index (χ3n) is 4.44. The number of benzene rings is 3. The summed E-state index contributed by atoms with van der Waals surface area (Å²) < 4.78 is 8.53. The van der Waals surface area contributed by atoms with Crippen molar-refractivity contribution in [2.75, 3.05) is 0 Å². The molecule has 0 aliphatic carbocycles. The number of H-pyrrole nitrogens is 1. The molecule has 0 amide bonds.